The number of nitrogens with zero attached hydrogens (tertiary/aromatic N) is 4. The Bertz CT molecular complexity index is 1130. The molecule has 1 aliphatic heterocycles. The predicted octanol–water partition coefficient (Wildman–Crippen LogP) is -0.760. The Kier molecular flexibility index (Phi) is 7.46. The summed E-state index contributed by atoms with van der Waals surface area (Å²) in [7, 11) is -16.2. The van der Waals surface area contributed by atoms with Gasteiger partial charge in [-0.2, -0.15) is 8.62 Å². The summed E-state index contributed by atoms with van der Waals surface area (Å²) in [5.41, 5.74) is 6.03. The molecule has 7 atom stereocenters. The zero-order chi connectivity index (χ0) is 23.9. The molecule has 180 valence electrons. The Labute approximate surface area is 183 Å². The molecule has 2 aromatic heterocycles. The first-order chi connectivity index (χ1) is 14.8. The summed E-state index contributed by atoms with van der Waals surface area (Å²) in [6, 6.07) is 0. The topological polar surface area (TPSA) is 268 Å². The van der Waals surface area contributed by atoms with Crippen molar-refractivity contribution in [3.63, 3.8) is 0 Å². The molecule has 3 rings (SSSR count). The lowest BCUT2D eigenvalue weighted by Crippen LogP contribution is -2.33. The fourth-order valence-electron chi connectivity index (χ4n) is 2.63. The number of anilines is 1. The number of phosphoric acid groups is 3. The van der Waals surface area contributed by atoms with Crippen LogP contribution in [-0.4, -0.2) is 69.3 Å². The molecule has 32 heavy (non-hydrogen) atoms. The molecule has 0 bridgehead atoms. The minimum atomic E-state index is -5.64. The van der Waals surface area contributed by atoms with E-state index in [0.717, 1.165) is 6.33 Å². The van der Waals surface area contributed by atoms with Gasteiger partial charge in [0.2, 0.25) is 0 Å². The Morgan fingerprint density at radius 3 is 2.38 bits per heavy atom. The number of phosphoric ester groups is 1. The van der Waals surface area contributed by atoms with Gasteiger partial charge in [0.1, 0.15) is 30.2 Å². The second-order valence-electron chi connectivity index (χ2n) is 6.08. The Hall–Kier alpha value is -1.01. The molecule has 1 saturated heterocycles. The van der Waals surface area contributed by atoms with Crippen LogP contribution < -0.4 is 5.73 Å². The summed E-state index contributed by atoms with van der Waals surface area (Å²) in [5.74, 6) is 0.0476. The van der Waals surface area contributed by atoms with Crippen molar-refractivity contribution in [3.05, 3.63) is 12.7 Å². The van der Waals surface area contributed by atoms with Crippen LogP contribution >= 0.6 is 36.4 Å². The van der Waals surface area contributed by atoms with E-state index in [4.69, 9.17) is 15.4 Å². The Morgan fingerprint density at radius 2 is 1.72 bits per heavy atom. The highest BCUT2D eigenvalue weighted by Gasteiger charge is 2.47. The molecule has 7 N–H and O–H groups in total. The highest BCUT2D eigenvalue weighted by molar-refractivity contribution is 7.81. The summed E-state index contributed by atoms with van der Waals surface area (Å²) >= 11 is 2.93. The van der Waals surface area contributed by atoms with E-state index in [1.807, 2.05) is 0 Å². The van der Waals surface area contributed by atoms with E-state index in [0.29, 0.717) is 0 Å². The minimum Gasteiger partial charge on any atom is -0.387 e. The lowest BCUT2D eigenvalue weighted by atomic mass is 10.1. The van der Waals surface area contributed by atoms with Crippen LogP contribution in [0.2, 0.25) is 0 Å². The summed E-state index contributed by atoms with van der Waals surface area (Å²) < 4.78 is 56.8. The van der Waals surface area contributed by atoms with Crippen LogP contribution in [-0.2, 0) is 35.5 Å². The highest BCUT2D eigenvalue weighted by Crippen LogP contribution is 2.68. The van der Waals surface area contributed by atoms with Crippen LogP contribution in [0.1, 0.15) is 6.23 Å². The molecule has 1 fully saturated rings. The van der Waals surface area contributed by atoms with Crippen molar-refractivity contribution in [2.75, 3.05) is 12.3 Å². The molecule has 2 aromatic rings. The van der Waals surface area contributed by atoms with Gasteiger partial charge in [0, 0.05) is 0 Å². The molecule has 0 radical (unpaired) electrons. The molecule has 18 nitrogen and oxygen atoms in total. The van der Waals surface area contributed by atoms with Crippen molar-refractivity contribution in [1.82, 2.24) is 19.5 Å². The Morgan fingerprint density at radius 1 is 1.06 bits per heavy atom. The number of thiol groups is 1. The number of rotatable bonds is 9. The van der Waals surface area contributed by atoms with Crippen LogP contribution in [0.4, 0.5) is 5.82 Å². The number of hydrogen-bond acceptors (Lipinski definition) is 15. The number of imidazole rings is 1. The van der Waals surface area contributed by atoms with Crippen LogP contribution in [0, 0.1) is 0 Å². The maximum absolute atomic E-state index is 11.9. The smallest absolute Gasteiger partial charge is 0.387 e. The minimum absolute atomic E-state index is 0.0476. The number of aliphatic hydroxyl groups excluding tert-OH is 2. The standard InChI is InChI=1S/C10H16N5O13P3S/c11-8-5-9(13-2-12-8)15(3-14-5)10-7(17)6(16)4(25-10)1-24-29(18,19)26-30(20,21)27-31(22,23)28-32/h2-4,6-7,10,16-17,32H,1H2,(H,18,19)(H,20,21)(H,22,23)(H2,11,12,13)/t4-,6-,7-,10-/m1/s1. The van der Waals surface area contributed by atoms with E-state index in [-0.39, 0.29) is 17.0 Å². The maximum Gasteiger partial charge on any atom is 0.492 e. The van der Waals surface area contributed by atoms with Crippen LogP contribution in [0.5, 0.6) is 0 Å². The lowest BCUT2D eigenvalue weighted by Gasteiger charge is -2.19. The van der Waals surface area contributed by atoms with Crippen molar-refractivity contribution < 1.29 is 60.4 Å². The van der Waals surface area contributed by atoms with Gasteiger partial charge >= 0.3 is 23.5 Å². The normalized spacial score (nSPS) is 29.4. The van der Waals surface area contributed by atoms with Crippen LogP contribution in [0.15, 0.2) is 12.7 Å². The van der Waals surface area contributed by atoms with Crippen molar-refractivity contribution in [2.45, 2.75) is 24.5 Å². The summed E-state index contributed by atoms with van der Waals surface area (Å²) in [6.07, 6.45) is -3.64. The summed E-state index contributed by atoms with van der Waals surface area (Å²) in [4.78, 5) is 39.5. The van der Waals surface area contributed by atoms with Crippen LogP contribution in [0.25, 0.3) is 11.2 Å². The summed E-state index contributed by atoms with van der Waals surface area (Å²) in [6.45, 7) is -0.938. The zero-order valence-electron chi connectivity index (χ0n) is 15.3. The second kappa shape index (κ2) is 9.32. The SMILES string of the molecule is Nc1ncnc2c1ncn2[C@@H]1O[C@H](COP(=O)(O)OP(=O)(O)OP(=O)(O)OS)[C@@H](O)[C@H]1O. The third kappa shape index (κ3) is 5.72. The van der Waals surface area contributed by atoms with E-state index in [1.54, 1.807) is 0 Å². The maximum atomic E-state index is 11.9. The van der Waals surface area contributed by atoms with E-state index in [1.165, 1.54) is 10.9 Å². The van der Waals surface area contributed by atoms with Gasteiger partial charge in [0.15, 0.2) is 17.7 Å². The predicted molar refractivity (Wildman–Crippen MR) is 103 cm³/mol. The largest absolute Gasteiger partial charge is 0.492 e. The molecule has 0 aliphatic carbocycles. The van der Waals surface area contributed by atoms with Crippen molar-refractivity contribution in [2.24, 2.45) is 0 Å². The van der Waals surface area contributed by atoms with Crippen LogP contribution in [0.3, 0.4) is 0 Å². The number of fused-ring (bicyclic) bond motifs is 1. The number of ether oxygens (including phenoxy) is 1. The van der Waals surface area contributed by atoms with Gasteiger partial charge < -0.3 is 35.4 Å². The number of nitrogen functional groups attached to an aromatic ring is 1. The molecule has 1 aliphatic rings. The number of aromatic nitrogens is 4. The van der Waals surface area contributed by atoms with E-state index in [9.17, 15) is 33.7 Å². The van der Waals surface area contributed by atoms with Gasteiger partial charge in [0.25, 0.3) is 0 Å². The van der Waals surface area contributed by atoms with Gasteiger partial charge in [0.05, 0.1) is 12.9 Å². The first kappa shape index (κ1) is 25.6. The number of hydrogen-bond donors (Lipinski definition) is 7. The molecule has 22 heteroatoms. The number of nitrogens with two attached hydrogens (primary N) is 1. The number of aliphatic hydroxyl groups is 2. The Balaban J connectivity index is 1.68. The fourth-order valence-corrected chi connectivity index (χ4v) is 6.02. The molecule has 0 amide bonds. The average Bonchev–Trinajstić information content (AvgIpc) is 3.21. The lowest BCUT2D eigenvalue weighted by molar-refractivity contribution is -0.0503. The van der Waals surface area contributed by atoms with Crippen molar-refractivity contribution in [1.29, 1.82) is 0 Å². The molecule has 3 unspecified atom stereocenters. The fraction of sp³-hybridized carbons (Fsp3) is 0.500. The summed E-state index contributed by atoms with van der Waals surface area (Å²) in [5, 5.41) is 20.5. The molecular weight excluding hydrogens is 523 g/mol. The first-order valence-corrected chi connectivity index (χ1v) is 12.9. The average molecular weight is 539 g/mol. The van der Waals surface area contributed by atoms with Crippen molar-refractivity contribution >= 4 is 53.4 Å². The van der Waals surface area contributed by atoms with Gasteiger partial charge in [-0.05, 0) is 12.9 Å². The monoisotopic (exact) mass is 539 g/mol. The van der Waals surface area contributed by atoms with Gasteiger partial charge in [-0.1, -0.05) is 0 Å². The highest BCUT2D eigenvalue weighted by atomic mass is 32.1. The van der Waals surface area contributed by atoms with Gasteiger partial charge in [-0.25, -0.2) is 32.6 Å². The van der Waals surface area contributed by atoms with Gasteiger partial charge in [-0.15, -0.1) is 0 Å². The molecule has 3 heterocycles. The van der Waals surface area contributed by atoms with Gasteiger partial charge in [-0.3, -0.25) is 9.09 Å². The zero-order valence-corrected chi connectivity index (χ0v) is 18.9. The molecular formula is C10H16N5O13P3S. The quantitative estimate of drug-likeness (QED) is 0.117. The molecule has 0 aromatic carbocycles. The first-order valence-electron chi connectivity index (χ1n) is 8.08. The third-order valence-electron chi connectivity index (χ3n) is 3.92. The molecule has 0 spiro atoms. The van der Waals surface area contributed by atoms with E-state index in [2.05, 4.69) is 45.0 Å². The van der Waals surface area contributed by atoms with Crippen molar-refractivity contribution in [3.8, 4) is 0 Å². The molecule has 0 saturated carbocycles. The second-order valence-corrected chi connectivity index (χ2v) is 11.1. The van der Waals surface area contributed by atoms with E-state index >= 15 is 0 Å². The third-order valence-corrected chi connectivity index (χ3v) is 8.52. The van der Waals surface area contributed by atoms with E-state index < -0.39 is 54.6 Å².